The van der Waals surface area contributed by atoms with E-state index in [0.717, 1.165) is 6.26 Å². The Morgan fingerprint density at radius 2 is 1.81 bits per heavy atom. The first kappa shape index (κ1) is 19.6. The van der Waals surface area contributed by atoms with Gasteiger partial charge in [0.2, 0.25) is 0 Å². The Labute approximate surface area is 169 Å². The van der Waals surface area contributed by atoms with Crippen LogP contribution in [-0.2, 0) is 16.4 Å². The van der Waals surface area contributed by atoms with Crippen LogP contribution >= 0.6 is 34.5 Å². The summed E-state index contributed by atoms with van der Waals surface area (Å²) in [4.78, 5) is 17.2. The molecule has 0 fully saturated rings. The van der Waals surface area contributed by atoms with Crippen molar-refractivity contribution in [2.24, 2.45) is 4.99 Å². The van der Waals surface area contributed by atoms with E-state index in [0.29, 0.717) is 25.1 Å². The maximum Gasteiger partial charge on any atom is 0.279 e. The second kappa shape index (κ2) is 7.49. The molecule has 1 aromatic heterocycles. The summed E-state index contributed by atoms with van der Waals surface area (Å²) in [7, 11) is -3.34. The molecule has 27 heavy (non-hydrogen) atoms. The summed E-state index contributed by atoms with van der Waals surface area (Å²) >= 11 is 13.7. The van der Waals surface area contributed by atoms with Gasteiger partial charge < -0.3 is 4.57 Å². The normalized spacial score (nSPS) is 12.3. The van der Waals surface area contributed by atoms with Gasteiger partial charge in [0.05, 0.1) is 31.7 Å². The first-order valence-corrected chi connectivity index (χ1v) is 11.0. The van der Waals surface area contributed by atoms with Crippen LogP contribution < -0.4 is 4.80 Å². The number of aromatic nitrogens is 1. The first-order valence-electron chi connectivity index (χ1n) is 7.52. The minimum Gasteiger partial charge on any atom is -0.303 e. The van der Waals surface area contributed by atoms with Gasteiger partial charge in [-0.25, -0.2) is 8.42 Å². The molecule has 0 saturated carbocycles. The summed E-state index contributed by atoms with van der Waals surface area (Å²) in [6.07, 6.45) is 6.54. The minimum absolute atomic E-state index is 0.127. The Kier molecular flexibility index (Phi) is 5.45. The van der Waals surface area contributed by atoms with Crippen LogP contribution in [0.2, 0.25) is 10.0 Å². The Bertz CT molecular complexity index is 1260. The lowest BCUT2D eigenvalue weighted by Crippen LogP contribution is -2.16. The Morgan fingerprint density at radius 1 is 1.19 bits per heavy atom. The molecule has 1 heterocycles. The molecule has 0 bridgehead atoms. The van der Waals surface area contributed by atoms with Crippen LogP contribution in [0.4, 0.5) is 0 Å². The number of amides is 1. The van der Waals surface area contributed by atoms with Crippen molar-refractivity contribution in [1.82, 2.24) is 4.57 Å². The van der Waals surface area contributed by atoms with E-state index >= 15 is 0 Å². The van der Waals surface area contributed by atoms with Crippen LogP contribution in [0.25, 0.3) is 10.2 Å². The zero-order valence-electron chi connectivity index (χ0n) is 13.9. The third-order valence-electron chi connectivity index (χ3n) is 3.70. The van der Waals surface area contributed by atoms with Crippen molar-refractivity contribution >= 4 is 60.5 Å². The smallest absolute Gasteiger partial charge is 0.279 e. The molecule has 0 spiro atoms. The predicted molar refractivity (Wildman–Crippen MR) is 108 cm³/mol. The van der Waals surface area contributed by atoms with E-state index in [1.54, 1.807) is 16.7 Å². The number of terminal acetylenes is 1. The number of halogens is 2. The van der Waals surface area contributed by atoms with Crippen LogP contribution in [0.5, 0.6) is 0 Å². The molecule has 1 amide bonds. The highest BCUT2D eigenvalue weighted by molar-refractivity contribution is 7.90. The highest BCUT2D eigenvalue weighted by Crippen LogP contribution is 2.31. The quantitative estimate of drug-likeness (QED) is 0.584. The molecule has 3 rings (SSSR count). The molecule has 0 unspecified atom stereocenters. The van der Waals surface area contributed by atoms with Crippen molar-refractivity contribution in [2.45, 2.75) is 11.4 Å². The van der Waals surface area contributed by atoms with Crippen LogP contribution in [0.1, 0.15) is 10.4 Å². The van der Waals surface area contributed by atoms with Crippen LogP contribution in [0, 0.1) is 12.3 Å². The lowest BCUT2D eigenvalue weighted by Gasteiger charge is -2.02. The number of benzene rings is 2. The zero-order chi connectivity index (χ0) is 19.8. The number of hydrogen-bond acceptors (Lipinski definition) is 4. The maximum atomic E-state index is 12.5. The van der Waals surface area contributed by atoms with Crippen LogP contribution in [-0.4, -0.2) is 25.1 Å². The van der Waals surface area contributed by atoms with Gasteiger partial charge in [-0.15, -0.1) is 6.42 Å². The summed E-state index contributed by atoms with van der Waals surface area (Å²) < 4.78 is 25.4. The highest BCUT2D eigenvalue weighted by atomic mass is 35.5. The minimum atomic E-state index is -3.34. The average Bonchev–Trinajstić information content (AvgIpc) is 2.97. The predicted octanol–water partition coefficient (Wildman–Crippen LogP) is 3.79. The molecule has 0 atom stereocenters. The summed E-state index contributed by atoms with van der Waals surface area (Å²) in [6.45, 7) is 0.166. The standard InChI is InChI=1S/C18H12Cl2N2O3S2/c1-3-10-22-15-13(19)8-9-14(20)16(15)26-18(22)21-17(23)11-4-6-12(7-5-11)27(2,24)25/h1,4-9H,10H2,2H3. The van der Waals surface area contributed by atoms with Gasteiger partial charge in [0.15, 0.2) is 14.6 Å². The van der Waals surface area contributed by atoms with E-state index < -0.39 is 15.7 Å². The molecule has 0 aliphatic heterocycles. The number of fused-ring (bicyclic) bond motifs is 1. The van der Waals surface area contributed by atoms with Gasteiger partial charge in [-0.1, -0.05) is 40.5 Å². The van der Waals surface area contributed by atoms with Gasteiger partial charge in [-0.05, 0) is 36.4 Å². The number of sulfone groups is 1. The number of carbonyl (C=O) groups excluding carboxylic acids is 1. The van der Waals surface area contributed by atoms with Gasteiger partial charge >= 0.3 is 0 Å². The maximum absolute atomic E-state index is 12.5. The topological polar surface area (TPSA) is 68.5 Å². The Hall–Kier alpha value is -2.11. The molecule has 5 nitrogen and oxygen atoms in total. The van der Waals surface area contributed by atoms with Crippen molar-refractivity contribution in [2.75, 3.05) is 6.26 Å². The van der Waals surface area contributed by atoms with Crippen molar-refractivity contribution in [1.29, 1.82) is 0 Å². The van der Waals surface area contributed by atoms with E-state index in [-0.39, 0.29) is 17.0 Å². The molecule has 3 aromatic rings. The average molecular weight is 439 g/mol. The summed E-state index contributed by atoms with van der Waals surface area (Å²) in [5.74, 6) is 1.99. The van der Waals surface area contributed by atoms with E-state index in [1.165, 1.54) is 35.6 Å². The number of thiazole rings is 1. The highest BCUT2D eigenvalue weighted by Gasteiger charge is 2.14. The molecule has 0 radical (unpaired) electrons. The van der Waals surface area contributed by atoms with Crippen molar-refractivity contribution in [3.63, 3.8) is 0 Å². The molecule has 9 heteroatoms. The molecule has 0 aliphatic rings. The second-order valence-corrected chi connectivity index (χ2v) is 9.40. The molecule has 0 N–H and O–H groups in total. The summed E-state index contributed by atoms with van der Waals surface area (Å²) in [6, 6.07) is 8.89. The van der Waals surface area contributed by atoms with Gasteiger partial charge in [-0.3, -0.25) is 4.79 Å². The Balaban J connectivity index is 2.14. The van der Waals surface area contributed by atoms with Crippen LogP contribution in [0.15, 0.2) is 46.3 Å². The molecule has 0 aliphatic carbocycles. The molecular weight excluding hydrogens is 427 g/mol. The third-order valence-corrected chi connectivity index (χ3v) is 6.68. The monoisotopic (exact) mass is 438 g/mol. The van der Waals surface area contributed by atoms with E-state index in [1.807, 2.05) is 0 Å². The van der Waals surface area contributed by atoms with E-state index in [2.05, 4.69) is 10.9 Å². The SMILES string of the molecule is C#CCn1c(=NC(=O)c2ccc(S(C)(=O)=O)cc2)sc2c(Cl)ccc(Cl)c21. The van der Waals surface area contributed by atoms with Crippen molar-refractivity contribution in [3.8, 4) is 12.3 Å². The lowest BCUT2D eigenvalue weighted by atomic mass is 10.2. The number of rotatable bonds is 3. The fourth-order valence-electron chi connectivity index (χ4n) is 2.43. The fraction of sp³-hybridized carbons (Fsp3) is 0.111. The van der Waals surface area contributed by atoms with Crippen molar-refractivity contribution in [3.05, 3.63) is 56.8 Å². The third kappa shape index (κ3) is 3.94. The number of nitrogens with zero attached hydrogens (tertiary/aromatic N) is 2. The molecule has 0 saturated heterocycles. The zero-order valence-corrected chi connectivity index (χ0v) is 17.1. The first-order chi connectivity index (χ1) is 12.7. The largest absolute Gasteiger partial charge is 0.303 e. The second-order valence-electron chi connectivity index (χ2n) is 5.60. The van der Waals surface area contributed by atoms with E-state index in [9.17, 15) is 13.2 Å². The molecule has 138 valence electrons. The van der Waals surface area contributed by atoms with Crippen LogP contribution in [0.3, 0.4) is 0 Å². The number of hydrogen-bond donors (Lipinski definition) is 0. The van der Waals surface area contributed by atoms with E-state index in [4.69, 9.17) is 29.6 Å². The van der Waals surface area contributed by atoms with Gasteiger partial charge in [0, 0.05) is 11.8 Å². The van der Waals surface area contributed by atoms with Gasteiger partial charge in [0.25, 0.3) is 5.91 Å². The summed E-state index contributed by atoms with van der Waals surface area (Å²) in [5, 5.41) is 0.934. The molecular formula is C18H12Cl2N2O3S2. The number of carbonyl (C=O) groups is 1. The van der Waals surface area contributed by atoms with Gasteiger partial charge in [0.1, 0.15) is 0 Å². The summed E-state index contributed by atoms with van der Waals surface area (Å²) in [5.41, 5.74) is 0.871. The fourth-order valence-corrected chi connectivity index (χ4v) is 4.70. The van der Waals surface area contributed by atoms with Crippen molar-refractivity contribution < 1.29 is 13.2 Å². The Morgan fingerprint density at radius 3 is 2.41 bits per heavy atom. The lowest BCUT2D eigenvalue weighted by molar-refractivity contribution is 0.0998. The molecule has 2 aromatic carbocycles. The van der Waals surface area contributed by atoms with Gasteiger partial charge in [-0.2, -0.15) is 4.99 Å².